The van der Waals surface area contributed by atoms with Crippen molar-refractivity contribution in [3.63, 3.8) is 0 Å². The van der Waals surface area contributed by atoms with Crippen molar-refractivity contribution in [1.29, 1.82) is 0 Å². The van der Waals surface area contributed by atoms with E-state index in [2.05, 4.69) is 15.6 Å². The number of amides is 2. The zero-order valence-corrected chi connectivity index (χ0v) is 15.9. The number of nitrogens with two attached hydrogens (primary N) is 1. The fourth-order valence-electron chi connectivity index (χ4n) is 2.65. The number of aromatic nitrogens is 2. The number of primary amides is 1. The highest BCUT2D eigenvalue weighted by atomic mass is 35.5. The van der Waals surface area contributed by atoms with Crippen LogP contribution in [0, 0.1) is 0 Å². The molecule has 1 aromatic carbocycles. The molecule has 0 aliphatic carbocycles. The highest BCUT2D eigenvalue weighted by Crippen LogP contribution is 2.26. The second-order valence-corrected chi connectivity index (χ2v) is 7.70. The van der Waals surface area contributed by atoms with Gasteiger partial charge in [-0.3, -0.25) is 9.59 Å². The van der Waals surface area contributed by atoms with Gasteiger partial charge in [-0.1, -0.05) is 16.8 Å². The first-order valence-corrected chi connectivity index (χ1v) is 9.44. The van der Waals surface area contributed by atoms with Gasteiger partial charge in [0, 0.05) is 18.3 Å². The van der Waals surface area contributed by atoms with E-state index in [1.54, 1.807) is 36.5 Å². The minimum atomic E-state index is -0.695. The summed E-state index contributed by atoms with van der Waals surface area (Å²) in [5, 5.41) is 10.9. The molecule has 0 radical (unpaired) electrons. The lowest BCUT2D eigenvalue weighted by atomic mass is 10.1. The number of rotatable bonds is 5. The molecule has 0 fully saturated rings. The van der Waals surface area contributed by atoms with Crippen molar-refractivity contribution in [1.82, 2.24) is 9.78 Å². The summed E-state index contributed by atoms with van der Waals surface area (Å²) in [4.78, 5) is 29.7. The number of carbonyl (C=O) groups excluding carboxylic acids is 2. The SMILES string of the molecule is NC(=O)c1ccn(-c2ccc(NC(=O)C3CC(c4ccc(Cl)s4)=NO3)cc2)n1. The van der Waals surface area contributed by atoms with Crippen molar-refractivity contribution in [2.45, 2.75) is 12.5 Å². The van der Waals surface area contributed by atoms with Gasteiger partial charge in [-0.15, -0.1) is 11.3 Å². The standard InChI is InChI=1S/C18H14ClN5O3S/c19-16-6-5-15(28-16)13-9-14(27-23-13)18(26)21-10-1-3-11(4-2-10)24-8-7-12(22-24)17(20)25/h1-8,14H,9H2,(H2,20,25)(H,21,26). The monoisotopic (exact) mass is 415 g/mol. The van der Waals surface area contributed by atoms with Crippen LogP contribution in [0.3, 0.4) is 0 Å². The number of hydrogen-bond acceptors (Lipinski definition) is 6. The van der Waals surface area contributed by atoms with Crippen LogP contribution in [0.2, 0.25) is 4.34 Å². The minimum absolute atomic E-state index is 0.179. The number of nitrogens with zero attached hydrogens (tertiary/aromatic N) is 3. The molecule has 3 N–H and O–H groups in total. The van der Waals surface area contributed by atoms with Gasteiger partial charge in [0.15, 0.2) is 0 Å². The Hall–Kier alpha value is -3.17. The molecule has 0 bridgehead atoms. The molecule has 1 aliphatic heterocycles. The van der Waals surface area contributed by atoms with E-state index in [9.17, 15) is 9.59 Å². The summed E-state index contributed by atoms with van der Waals surface area (Å²) in [5.74, 6) is -0.880. The van der Waals surface area contributed by atoms with Crippen LogP contribution < -0.4 is 11.1 Å². The van der Waals surface area contributed by atoms with E-state index in [-0.39, 0.29) is 11.6 Å². The molecule has 1 atom stereocenters. The summed E-state index contributed by atoms with van der Waals surface area (Å²) in [7, 11) is 0. The number of hydrogen-bond donors (Lipinski definition) is 2. The lowest BCUT2D eigenvalue weighted by Crippen LogP contribution is -2.27. The van der Waals surface area contributed by atoms with Crippen molar-refractivity contribution in [3.8, 4) is 5.69 Å². The third-order valence-corrected chi connectivity index (χ3v) is 5.34. The molecule has 0 spiro atoms. The Labute approximate surface area is 168 Å². The predicted molar refractivity (Wildman–Crippen MR) is 106 cm³/mol. The van der Waals surface area contributed by atoms with E-state index in [4.69, 9.17) is 22.2 Å². The molecule has 142 valence electrons. The molecule has 2 amide bonds. The normalized spacial score (nSPS) is 15.8. The summed E-state index contributed by atoms with van der Waals surface area (Å²) < 4.78 is 2.18. The highest BCUT2D eigenvalue weighted by molar-refractivity contribution is 7.18. The average molecular weight is 416 g/mol. The summed E-state index contributed by atoms with van der Waals surface area (Å²) >= 11 is 7.32. The molecule has 4 rings (SSSR count). The number of benzene rings is 1. The third-order valence-electron chi connectivity index (χ3n) is 4.06. The molecule has 3 aromatic rings. The number of carbonyl (C=O) groups is 2. The Morgan fingerprint density at radius 2 is 2.00 bits per heavy atom. The van der Waals surface area contributed by atoms with Gasteiger partial charge in [0.25, 0.3) is 11.8 Å². The Bertz CT molecular complexity index is 1070. The Morgan fingerprint density at radius 1 is 1.21 bits per heavy atom. The molecule has 2 aromatic heterocycles. The maximum Gasteiger partial charge on any atom is 0.269 e. The van der Waals surface area contributed by atoms with Gasteiger partial charge < -0.3 is 15.9 Å². The maximum absolute atomic E-state index is 12.4. The van der Waals surface area contributed by atoms with Gasteiger partial charge in [-0.05, 0) is 42.5 Å². The van der Waals surface area contributed by atoms with Crippen LogP contribution >= 0.6 is 22.9 Å². The first-order valence-electron chi connectivity index (χ1n) is 8.25. The third kappa shape index (κ3) is 3.75. The van der Waals surface area contributed by atoms with Crippen LogP contribution in [-0.2, 0) is 9.63 Å². The molecule has 8 nitrogen and oxygen atoms in total. The van der Waals surface area contributed by atoms with Gasteiger partial charge in [-0.25, -0.2) is 4.68 Å². The van der Waals surface area contributed by atoms with E-state index < -0.39 is 12.0 Å². The second-order valence-electron chi connectivity index (χ2n) is 5.99. The molecule has 1 unspecified atom stereocenters. The van der Waals surface area contributed by atoms with E-state index in [0.717, 1.165) is 10.6 Å². The quantitative estimate of drug-likeness (QED) is 0.667. The largest absolute Gasteiger partial charge is 0.382 e. The lowest BCUT2D eigenvalue weighted by molar-refractivity contribution is -0.125. The van der Waals surface area contributed by atoms with Crippen molar-refractivity contribution in [2.75, 3.05) is 5.32 Å². The van der Waals surface area contributed by atoms with E-state index in [0.29, 0.717) is 22.2 Å². The first kappa shape index (κ1) is 18.2. The van der Waals surface area contributed by atoms with Crippen LogP contribution in [0.15, 0.2) is 53.8 Å². The molecular formula is C18H14ClN5O3S. The zero-order chi connectivity index (χ0) is 19.7. The van der Waals surface area contributed by atoms with Gasteiger partial charge >= 0.3 is 0 Å². The summed E-state index contributed by atoms with van der Waals surface area (Å²) in [6, 6.07) is 12.2. The van der Waals surface area contributed by atoms with Crippen LogP contribution in [-0.4, -0.2) is 33.4 Å². The van der Waals surface area contributed by atoms with Gasteiger partial charge in [-0.2, -0.15) is 5.10 Å². The fourth-order valence-corrected chi connectivity index (χ4v) is 3.69. The summed E-state index contributed by atoms with van der Waals surface area (Å²) in [5.41, 5.74) is 7.42. The molecule has 0 saturated carbocycles. The lowest BCUT2D eigenvalue weighted by Gasteiger charge is -2.10. The van der Waals surface area contributed by atoms with Crippen molar-refractivity contribution in [3.05, 3.63) is 63.6 Å². The second kappa shape index (κ2) is 7.45. The molecule has 3 heterocycles. The topological polar surface area (TPSA) is 112 Å². The summed E-state index contributed by atoms with van der Waals surface area (Å²) in [6.45, 7) is 0. The van der Waals surface area contributed by atoms with Gasteiger partial charge in [0.1, 0.15) is 11.4 Å². The molecule has 0 saturated heterocycles. The highest BCUT2D eigenvalue weighted by Gasteiger charge is 2.29. The zero-order valence-electron chi connectivity index (χ0n) is 14.3. The predicted octanol–water partition coefficient (Wildman–Crippen LogP) is 2.82. The average Bonchev–Trinajstić information content (AvgIpc) is 3.42. The van der Waals surface area contributed by atoms with E-state index in [1.807, 2.05) is 6.07 Å². The Kier molecular flexibility index (Phi) is 4.84. The summed E-state index contributed by atoms with van der Waals surface area (Å²) in [6.07, 6.45) is 1.32. The first-order chi connectivity index (χ1) is 13.5. The Balaban J connectivity index is 1.38. The molecular weight excluding hydrogens is 402 g/mol. The van der Waals surface area contributed by atoms with Crippen LogP contribution in [0.5, 0.6) is 0 Å². The van der Waals surface area contributed by atoms with Crippen LogP contribution in [0.25, 0.3) is 5.69 Å². The Morgan fingerprint density at radius 3 is 2.64 bits per heavy atom. The number of halogens is 1. The number of anilines is 1. The van der Waals surface area contributed by atoms with Crippen molar-refractivity contribution < 1.29 is 14.4 Å². The number of oxime groups is 1. The van der Waals surface area contributed by atoms with Gasteiger partial charge in [0.05, 0.1) is 14.9 Å². The molecule has 28 heavy (non-hydrogen) atoms. The van der Waals surface area contributed by atoms with Gasteiger partial charge in [0.2, 0.25) is 6.10 Å². The molecule has 1 aliphatic rings. The van der Waals surface area contributed by atoms with Crippen molar-refractivity contribution in [2.24, 2.45) is 10.9 Å². The number of nitrogens with one attached hydrogen (secondary N) is 1. The maximum atomic E-state index is 12.4. The fraction of sp³-hybridized carbons (Fsp3) is 0.111. The van der Waals surface area contributed by atoms with Crippen LogP contribution in [0.4, 0.5) is 5.69 Å². The van der Waals surface area contributed by atoms with E-state index >= 15 is 0 Å². The van der Waals surface area contributed by atoms with Crippen LogP contribution in [0.1, 0.15) is 21.8 Å². The number of thiophene rings is 1. The minimum Gasteiger partial charge on any atom is -0.382 e. The van der Waals surface area contributed by atoms with E-state index in [1.165, 1.54) is 22.1 Å². The molecule has 10 heteroatoms. The van der Waals surface area contributed by atoms with Crippen molar-refractivity contribution >= 4 is 46.2 Å². The smallest absolute Gasteiger partial charge is 0.269 e.